The number of likely N-dealkylation sites (tertiary alicyclic amines) is 1. The number of hydrogen-bond acceptors (Lipinski definition) is 5. The summed E-state index contributed by atoms with van der Waals surface area (Å²) in [7, 11) is 0. The van der Waals surface area contributed by atoms with Crippen molar-refractivity contribution in [1.29, 1.82) is 0 Å². The zero-order valence-electron chi connectivity index (χ0n) is 22.4. The summed E-state index contributed by atoms with van der Waals surface area (Å²) in [6.45, 7) is 7.67. The fourth-order valence-corrected chi connectivity index (χ4v) is 7.23. The van der Waals surface area contributed by atoms with Crippen LogP contribution in [0.2, 0.25) is 0 Å². The highest BCUT2D eigenvalue weighted by Gasteiger charge is 2.80. The molecule has 206 valence electrons. The molecule has 39 heavy (non-hydrogen) atoms. The predicted molar refractivity (Wildman–Crippen MR) is 144 cm³/mol. The summed E-state index contributed by atoms with van der Waals surface area (Å²) in [4.78, 5) is 44.5. The number of aliphatic hydroxyl groups is 1. The molecule has 8 heteroatoms. The van der Waals surface area contributed by atoms with Crippen molar-refractivity contribution in [1.82, 2.24) is 9.80 Å². The van der Waals surface area contributed by atoms with Crippen molar-refractivity contribution in [3.63, 3.8) is 0 Å². The summed E-state index contributed by atoms with van der Waals surface area (Å²) in [6, 6.07) is 17.2. The summed E-state index contributed by atoms with van der Waals surface area (Å²) in [5.41, 5.74) is -0.558. The number of carbonyl (C=O) groups is 3. The minimum absolute atomic E-state index is 0.179. The van der Waals surface area contributed by atoms with Crippen molar-refractivity contribution >= 4 is 17.8 Å². The van der Waals surface area contributed by atoms with E-state index in [9.17, 15) is 24.6 Å². The maximum Gasteiger partial charge on any atom is 0.310 e. The second-order valence-electron chi connectivity index (χ2n) is 11.3. The molecule has 1 spiro atoms. The topological polar surface area (TPSA) is 107 Å². The van der Waals surface area contributed by atoms with Crippen LogP contribution in [-0.4, -0.2) is 74.2 Å². The van der Waals surface area contributed by atoms with Gasteiger partial charge in [-0.25, -0.2) is 0 Å². The molecule has 8 nitrogen and oxygen atoms in total. The Bertz CT molecular complexity index is 1250. The summed E-state index contributed by atoms with van der Waals surface area (Å²) < 4.78 is 6.62. The molecule has 7 atom stereocenters. The Labute approximate surface area is 228 Å². The highest BCUT2D eigenvalue weighted by Crippen LogP contribution is 2.65. The molecule has 0 aliphatic carbocycles. The first-order chi connectivity index (χ1) is 18.7. The molecule has 2 bridgehead atoms. The standard InChI is InChI=1S/C31H36N2O6/c1-4-15-32(18-22-13-9-6-10-14-22)28(36)26-31-17-20(2)30(3,39-31)25(29(37)38)24(31)27(35)33(26)23(19-34)16-21-11-7-5-8-12-21/h4-14,20,23-26,34H,1,15-19H2,2-3H3,(H,37,38)/t20?,23-,24+,25+,26?,30-,31?/m1/s1. The number of carboxylic acid groups (broad SMARTS) is 1. The highest BCUT2D eigenvalue weighted by molar-refractivity contribution is 5.98. The van der Waals surface area contributed by atoms with Gasteiger partial charge in [0, 0.05) is 13.1 Å². The second-order valence-corrected chi connectivity index (χ2v) is 11.3. The number of nitrogens with zero attached hydrogens (tertiary/aromatic N) is 2. The zero-order chi connectivity index (χ0) is 27.9. The molecule has 5 rings (SSSR count). The maximum absolute atomic E-state index is 14.6. The zero-order valence-corrected chi connectivity index (χ0v) is 22.4. The van der Waals surface area contributed by atoms with Crippen LogP contribution in [0.3, 0.4) is 0 Å². The van der Waals surface area contributed by atoms with E-state index in [0.29, 0.717) is 19.4 Å². The van der Waals surface area contributed by atoms with Crippen molar-refractivity contribution in [2.45, 2.75) is 56.5 Å². The normalized spacial score (nSPS) is 31.7. The Morgan fingerprint density at radius 3 is 2.33 bits per heavy atom. The quantitative estimate of drug-likeness (QED) is 0.456. The molecule has 2 aromatic rings. The van der Waals surface area contributed by atoms with Crippen LogP contribution in [0.25, 0.3) is 0 Å². The molecule has 3 fully saturated rings. The molecular weight excluding hydrogens is 496 g/mol. The SMILES string of the molecule is C=CCN(Cc1ccccc1)C(=O)C1N([C@@H](CO)Cc2ccccc2)C(=O)[C@@H]2[C@@H](C(=O)O)[C@]3(C)OC12CC3C. The first-order valence-electron chi connectivity index (χ1n) is 13.5. The van der Waals surface area contributed by atoms with Crippen LogP contribution in [0, 0.1) is 17.8 Å². The van der Waals surface area contributed by atoms with Crippen LogP contribution in [-0.2, 0) is 32.1 Å². The van der Waals surface area contributed by atoms with Gasteiger partial charge in [0.05, 0.1) is 24.2 Å². The van der Waals surface area contributed by atoms with Gasteiger partial charge >= 0.3 is 5.97 Å². The third kappa shape index (κ3) is 4.26. The number of amides is 2. The van der Waals surface area contributed by atoms with Gasteiger partial charge in [-0.15, -0.1) is 6.58 Å². The third-order valence-electron chi connectivity index (χ3n) is 9.05. The number of fused-ring (bicyclic) bond motifs is 1. The summed E-state index contributed by atoms with van der Waals surface area (Å²) in [5.74, 6) is -4.16. The van der Waals surface area contributed by atoms with Crippen LogP contribution in [0.5, 0.6) is 0 Å². The van der Waals surface area contributed by atoms with E-state index in [1.54, 1.807) is 17.9 Å². The van der Waals surface area contributed by atoms with Gasteiger partial charge in [-0.05, 0) is 36.8 Å². The molecule has 0 saturated carbocycles. The van der Waals surface area contributed by atoms with Gasteiger partial charge in [-0.1, -0.05) is 73.7 Å². The molecular formula is C31H36N2O6. The van der Waals surface area contributed by atoms with Crippen molar-refractivity contribution < 1.29 is 29.3 Å². The Morgan fingerprint density at radius 2 is 1.77 bits per heavy atom. The Hall–Kier alpha value is -3.49. The monoisotopic (exact) mass is 532 g/mol. The van der Waals surface area contributed by atoms with Gasteiger partial charge in [-0.2, -0.15) is 0 Å². The van der Waals surface area contributed by atoms with E-state index in [1.165, 1.54) is 4.90 Å². The number of benzene rings is 2. The summed E-state index contributed by atoms with van der Waals surface area (Å²) in [6.07, 6.45) is 2.34. The fourth-order valence-electron chi connectivity index (χ4n) is 7.23. The average Bonchev–Trinajstić information content (AvgIpc) is 3.44. The number of hydrogen-bond donors (Lipinski definition) is 2. The van der Waals surface area contributed by atoms with E-state index in [2.05, 4.69) is 6.58 Å². The predicted octanol–water partition coefficient (Wildman–Crippen LogP) is 2.90. The number of carbonyl (C=O) groups excluding carboxylic acids is 2. The molecule has 0 radical (unpaired) electrons. The number of ether oxygens (including phenoxy) is 1. The van der Waals surface area contributed by atoms with Gasteiger partial charge in [0.1, 0.15) is 17.6 Å². The molecule has 0 aromatic heterocycles. The van der Waals surface area contributed by atoms with Crippen molar-refractivity contribution in [2.75, 3.05) is 13.2 Å². The van der Waals surface area contributed by atoms with Gasteiger partial charge in [0.15, 0.2) is 0 Å². The van der Waals surface area contributed by atoms with Gasteiger partial charge < -0.3 is 24.7 Å². The van der Waals surface area contributed by atoms with Crippen LogP contribution < -0.4 is 0 Å². The van der Waals surface area contributed by atoms with Crippen LogP contribution in [0.15, 0.2) is 73.3 Å². The molecule has 3 saturated heterocycles. The Morgan fingerprint density at radius 1 is 1.15 bits per heavy atom. The van der Waals surface area contributed by atoms with Gasteiger partial charge in [0.25, 0.3) is 0 Å². The Balaban J connectivity index is 1.61. The van der Waals surface area contributed by atoms with Crippen LogP contribution in [0.4, 0.5) is 0 Å². The molecule has 3 aliphatic heterocycles. The van der Waals surface area contributed by atoms with Gasteiger partial charge in [-0.3, -0.25) is 14.4 Å². The lowest BCUT2D eigenvalue weighted by atomic mass is 9.62. The Kier molecular flexibility index (Phi) is 7.11. The molecule has 2 aromatic carbocycles. The van der Waals surface area contributed by atoms with E-state index in [1.807, 2.05) is 67.6 Å². The van der Waals surface area contributed by atoms with Gasteiger partial charge in [0.2, 0.25) is 11.8 Å². The minimum atomic E-state index is -1.30. The van der Waals surface area contributed by atoms with Crippen molar-refractivity contribution in [3.05, 3.63) is 84.4 Å². The molecule has 3 heterocycles. The molecule has 3 aliphatic rings. The van der Waals surface area contributed by atoms with Crippen LogP contribution >= 0.6 is 0 Å². The smallest absolute Gasteiger partial charge is 0.310 e. The summed E-state index contributed by atoms with van der Waals surface area (Å²) >= 11 is 0. The van der Waals surface area contributed by atoms with E-state index in [0.717, 1.165) is 11.1 Å². The lowest BCUT2D eigenvalue weighted by Gasteiger charge is -2.39. The number of carboxylic acids is 1. The number of rotatable bonds is 10. The fraction of sp³-hybridized carbons (Fsp3) is 0.452. The summed E-state index contributed by atoms with van der Waals surface area (Å²) in [5, 5.41) is 20.9. The van der Waals surface area contributed by atoms with Crippen LogP contribution in [0.1, 0.15) is 31.4 Å². The first-order valence-corrected chi connectivity index (χ1v) is 13.5. The minimum Gasteiger partial charge on any atom is -0.481 e. The second kappa shape index (κ2) is 10.2. The number of aliphatic hydroxyl groups excluding tert-OH is 1. The van der Waals surface area contributed by atoms with E-state index < -0.39 is 47.0 Å². The first kappa shape index (κ1) is 27.1. The highest BCUT2D eigenvalue weighted by atomic mass is 16.5. The van der Waals surface area contributed by atoms with E-state index in [-0.39, 0.29) is 25.0 Å². The third-order valence-corrected chi connectivity index (χ3v) is 9.05. The molecule has 2 amide bonds. The average molecular weight is 533 g/mol. The molecule has 2 N–H and O–H groups in total. The van der Waals surface area contributed by atoms with Crippen molar-refractivity contribution in [3.8, 4) is 0 Å². The molecule has 3 unspecified atom stereocenters. The number of aliphatic carboxylic acids is 1. The van der Waals surface area contributed by atoms with E-state index in [4.69, 9.17) is 4.74 Å². The van der Waals surface area contributed by atoms with Crippen molar-refractivity contribution in [2.24, 2.45) is 17.8 Å². The lowest BCUT2D eigenvalue weighted by Crippen LogP contribution is -2.59. The largest absolute Gasteiger partial charge is 0.481 e. The van der Waals surface area contributed by atoms with E-state index >= 15 is 0 Å². The lowest BCUT2D eigenvalue weighted by molar-refractivity contribution is -0.160. The maximum atomic E-state index is 14.6.